The van der Waals surface area contributed by atoms with Crippen LogP contribution in [0, 0.1) is 5.92 Å². The number of aliphatic hydroxyl groups is 1. The lowest BCUT2D eigenvalue weighted by Crippen LogP contribution is -2.51. The van der Waals surface area contributed by atoms with Gasteiger partial charge in [-0.25, -0.2) is 0 Å². The molecule has 0 aromatic rings. The highest BCUT2D eigenvalue weighted by molar-refractivity contribution is 5.81. The molecule has 13 heavy (non-hydrogen) atoms. The second-order valence-electron chi connectivity index (χ2n) is 3.24. The van der Waals surface area contributed by atoms with E-state index in [9.17, 15) is 9.59 Å². The molecule has 0 atom stereocenters. The van der Waals surface area contributed by atoms with Gasteiger partial charge in [0.15, 0.2) is 0 Å². The maximum absolute atomic E-state index is 11.2. The van der Waals surface area contributed by atoms with Gasteiger partial charge in [0.05, 0.1) is 6.42 Å². The monoisotopic (exact) mass is 187 g/mol. The van der Waals surface area contributed by atoms with Crippen LogP contribution in [0.2, 0.25) is 0 Å². The summed E-state index contributed by atoms with van der Waals surface area (Å²) in [6.45, 7) is 1.23. The van der Waals surface area contributed by atoms with Gasteiger partial charge in [0.25, 0.3) is 0 Å². The van der Waals surface area contributed by atoms with Gasteiger partial charge in [-0.1, -0.05) is 0 Å². The highest BCUT2D eigenvalue weighted by Crippen LogP contribution is 2.15. The number of carboxylic acids is 1. The number of aliphatic hydroxyl groups excluding tert-OH is 1. The first-order valence-corrected chi connectivity index (χ1v) is 4.24. The van der Waals surface area contributed by atoms with Crippen molar-refractivity contribution < 1.29 is 19.8 Å². The van der Waals surface area contributed by atoms with Crippen LogP contribution >= 0.6 is 0 Å². The summed E-state index contributed by atoms with van der Waals surface area (Å²) in [6.07, 6.45) is -0.0490. The number of rotatable bonds is 4. The average molecular weight is 187 g/mol. The van der Waals surface area contributed by atoms with Crippen LogP contribution in [0.1, 0.15) is 12.8 Å². The molecule has 2 N–H and O–H groups in total. The van der Waals surface area contributed by atoms with Crippen molar-refractivity contribution in [3.8, 4) is 0 Å². The number of likely N-dealkylation sites (tertiary alicyclic amines) is 1. The zero-order valence-electron chi connectivity index (χ0n) is 7.27. The normalized spacial score (nSPS) is 16.8. The van der Waals surface area contributed by atoms with Crippen molar-refractivity contribution in [2.24, 2.45) is 5.92 Å². The lowest BCUT2D eigenvalue weighted by Gasteiger charge is -2.38. The van der Waals surface area contributed by atoms with Crippen LogP contribution in [0.25, 0.3) is 0 Å². The van der Waals surface area contributed by atoms with Crippen LogP contribution in [0.4, 0.5) is 0 Å². The number of carboxylic acid groups (broad SMARTS) is 1. The molecule has 0 unspecified atom stereocenters. The van der Waals surface area contributed by atoms with Crippen molar-refractivity contribution in [3.63, 3.8) is 0 Å². The minimum absolute atomic E-state index is 0.0630. The molecule has 1 fully saturated rings. The van der Waals surface area contributed by atoms with Gasteiger partial charge in [-0.15, -0.1) is 0 Å². The Bertz CT molecular complexity index is 210. The Morgan fingerprint density at radius 2 is 1.92 bits per heavy atom. The third-order valence-corrected chi connectivity index (χ3v) is 2.12. The van der Waals surface area contributed by atoms with Crippen LogP contribution in [0.3, 0.4) is 0 Å². The Morgan fingerprint density at radius 3 is 2.38 bits per heavy atom. The van der Waals surface area contributed by atoms with Gasteiger partial charge < -0.3 is 15.1 Å². The molecule has 0 bridgehead atoms. The predicted molar refractivity (Wildman–Crippen MR) is 44.0 cm³/mol. The second kappa shape index (κ2) is 4.23. The van der Waals surface area contributed by atoms with E-state index in [4.69, 9.17) is 10.2 Å². The van der Waals surface area contributed by atoms with E-state index in [0.717, 1.165) is 0 Å². The van der Waals surface area contributed by atoms with Crippen LogP contribution < -0.4 is 0 Å². The van der Waals surface area contributed by atoms with E-state index in [0.29, 0.717) is 13.1 Å². The van der Waals surface area contributed by atoms with E-state index in [1.54, 1.807) is 4.90 Å². The first-order chi connectivity index (χ1) is 6.13. The molecule has 0 spiro atoms. The summed E-state index contributed by atoms with van der Waals surface area (Å²) >= 11 is 0. The van der Waals surface area contributed by atoms with E-state index in [1.807, 2.05) is 0 Å². The molecule has 0 saturated carbocycles. The number of carbonyl (C=O) groups excluding carboxylic acids is 1. The number of aliphatic carboxylic acids is 1. The third kappa shape index (κ3) is 2.69. The molecule has 1 rings (SSSR count). The van der Waals surface area contributed by atoms with E-state index in [1.165, 1.54) is 0 Å². The molecule has 1 amide bonds. The molecular weight excluding hydrogens is 174 g/mol. The van der Waals surface area contributed by atoms with Gasteiger partial charge in [-0.05, 0) is 0 Å². The molecule has 1 heterocycles. The van der Waals surface area contributed by atoms with Crippen LogP contribution in [-0.4, -0.2) is 46.7 Å². The lowest BCUT2D eigenvalue weighted by molar-refractivity contribution is -0.144. The molecule has 1 aliphatic rings. The molecule has 1 saturated heterocycles. The Balaban J connectivity index is 2.16. The average Bonchev–Trinajstić information content (AvgIpc) is 1.99. The van der Waals surface area contributed by atoms with Crippen molar-refractivity contribution in [3.05, 3.63) is 0 Å². The van der Waals surface area contributed by atoms with E-state index >= 15 is 0 Å². The lowest BCUT2D eigenvalue weighted by atomic mass is 10.0. The van der Waals surface area contributed by atoms with E-state index < -0.39 is 5.97 Å². The fourth-order valence-electron chi connectivity index (χ4n) is 1.26. The van der Waals surface area contributed by atoms with Gasteiger partial charge in [0.1, 0.15) is 0 Å². The van der Waals surface area contributed by atoms with Crippen LogP contribution in [0.5, 0.6) is 0 Å². The molecule has 0 aromatic carbocycles. The van der Waals surface area contributed by atoms with E-state index in [-0.39, 0.29) is 31.3 Å². The molecular formula is C8H13NO4. The first-order valence-electron chi connectivity index (χ1n) is 4.24. The minimum Gasteiger partial charge on any atom is -0.481 e. The summed E-state index contributed by atoms with van der Waals surface area (Å²) in [5.74, 6) is -0.895. The van der Waals surface area contributed by atoms with Crippen molar-refractivity contribution in [1.29, 1.82) is 0 Å². The fourth-order valence-corrected chi connectivity index (χ4v) is 1.26. The van der Waals surface area contributed by atoms with E-state index in [2.05, 4.69) is 0 Å². The highest BCUT2D eigenvalue weighted by atomic mass is 16.4. The summed E-state index contributed by atoms with van der Waals surface area (Å²) in [5, 5.41) is 17.0. The maximum atomic E-state index is 11.2. The number of amides is 1. The van der Waals surface area contributed by atoms with Gasteiger partial charge >= 0.3 is 5.97 Å². The number of hydrogen-bond acceptors (Lipinski definition) is 3. The Hall–Kier alpha value is -1.10. The molecule has 0 aromatic heterocycles. The van der Waals surface area contributed by atoms with Gasteiger partial charge in [-0.2, -0.15) is 0 Å². The zero-order valence-corrected chi connectivity index (χ0v) is 7.27. The number of carbonyl (C=O) groups is 2. The zero-order chi connectivity index (χ0) is 9.84. The molecule has 0 aliphatic carbocycles. The summed E-state index contributed by atoms with van der Waals surface area (Å²) < 4.78 is 0. The van der Waals surface area contributed by atoms with Gasteiger partial charge in [0, 0.05) is 32.0 Å². The highest BCUT2D eigenvalue weighted by Gasteiger charge is 2.29. The van der Waals surface area contributed by atoms with Crippen molar-refractivity contribution >= 4 is 11.9 Å². The summed E-state index contributed by atoms with van der Waals surface area (Å²) in [5.41, 5.74) is 0. The quantitative estimate of drug-likeness (QED) is 0.610. The minimum atomic E-state index is -0.951. The summed E-state index contributed by atoms with van der Waals surface area (Å²) in [6, 6.07) is 0. The Morgan fingerprint density at radius 1 is 1.31 bits per heavy atom. The Labute approximate surface area is 76.0 Å². The van der Waals surface area contributed by atoms with Gasteiger partial charge in [-0.3, -0.25) is 9.59 Å². The maximum Gasteiger partial charge on any atom is 0.303 e. The number of nitrogens with zero attached hydrogens (tertiary/aromatic N) is 1. The molecule has 5 nitrogen and oxygen atoms in total. The largest absolute Gasteiger partial charge is 0.481 e. The molecule has 1 aliphatic heterocycles. The fraction of sp³-hybridized carbons (Fsp3) is 0.750. The van der Waals surface area contributed by atoms with Gasteiger partial charge in [0.2, 0.25) is 5.91 Å². The summed E-state index contributed by atoms with van der Waals surface area (Å²) in [7, 11) is 0. The second-order valence-corrected chi connectivity index (χ2v) is 3.24. The third-order valence-electron chi connectivity index (χ3n) is 2.12. The predicted octanol–water partition coefficient (Wildman–Crippen LogP) is -0.698. The van der Waals surface area contributed by atoms with Crippen molar-refractivity contribution in [2.75, 3.05) is 19.7 Å². The van der Waals surface area contributed by atoms with Crippen molar-refractivity contribution in [1.82, 2.24) is 4.90 Å². The van der Waals surface area contributed by atoms with Crippen LogP contribution in [-0.2, 0) is 9.59 Å². The molecule has 5 heteroatoms. The standard InChI is InChI=1S/C8H13NO4/c10-5-6-3-9(4-6)7(11)1-2-8(12)13/h6,10H,1-5H2,(H,12,13). The smallest absolute Gasteiger partial charge is 0.303 e. The first kappa shape index (κ1) is 9.98. The number of hydrogen-bond donors (Lipinski definition) is 2. The van der Waals surface area contributed by atoms with Crippen molar-refractivity contribution in [2.45, 2.75) is 12.8 Å². The Kier molecular flexibility index (Phi) is 3.25. The molecule has 0 radical (unpaired) electrons. The topological polar surface area (TPSA) is 77.8 Å². The SMILES string of the molecule is O=C(O)CCC(=O)N1CC(CO)C1. The van der Waals surface area contributed by atoms with Crippen LogP contribution in [0.15, 0.2) is 0 Å². The summed E-state index contributed by atoms with van der Waals surface area (Å²) in [4.78, 5) is 22.9. The molecule has 74 valence electrons.